The van der Waals surface area contributed by atoms with Crippen molar-refractivity contribution in [2.24, 2.45) is 4.99 Å². The maximum Gasteiger partial charge on any atom is 0.317 e. The van der Waals surface area contributed by atoms with Gasteiger partial charge in [0.1, 0.15) is 17.3 Å². The summed E-state index contributed by atoms with van der Waals surface area (Å²) in [5, 5.41) is 13.8. The molecule has 0 spiro atoms. The van der Waals surface area contributed by atoms with E-state index in [1.54, 1.807) is 30.7 Å². The predicted molar refractivity (Wildman–Crippen MR) is 150 cm³/mol. The Morgan fingerprint density at radius 2 is 1.73 bits per heavy atom. The molecule has 1 fully saturated rings. The first-order valence-electron chi connectivity index (χ1n) is 13.2. The summed E-state index contributed by atoms with van der Waals surface area (Å²) in [6.07, 6.45) is 6.32. The number of aliphatic imine (C=N–C) groups is 1. The second kappa shape index (κ2) is 10.0. The van der Waals surface area contributed by atoms with Crippen LogP contribution in [0.3, 0.4) is 0 Å². The van der Waals surface area contributed by atoms with Gasteiger partial charge in [0.25, 0.3) is 11.8 Å². The molecule has 4 heterocycles. The first kappa shape index (κ1) is 24.7. The molecule has 7 rings (SSSR count). The number of carbonyl (C=O) groups excluding carboxylic acids is 1. The molecule has 0 radical (unpaired) electrons. The summed E-state index contributed by atoms with van der Waals surface area (Å²) < 4.78 is 20.7. The molecule has 0 bridgehead atoms. The highest BCUT2D eigenvalue weighted by Crippen LogP contribution is 2.38. The van der Waals surface area contributed by atoms with Crippen molar-refractivity contribution < 1.29 is 13.6 Å². The number of anilines is 2. The van der Waals surface area contributed by atoms with Gasteiger partial charge in [-0.15, -0.1) is 5.10 Å². The fourth-order valence-electron chi connectivity index (χ4n) is 4.70. The van der Waals surface area contributed by atoms with Gasteiger partial charge in [-0.25, -0.2) is 19.4 Å². The highest BCUT2D eigenvalue weighted by molar-refractivity contribution is 6.19. The molecule has 1 aliphatic carbocycles. The molecule has 2 N–H and O–H groups in total. The lowest BCUT2D eigenvalue weighted by Gasteiger charge is -2.11. The minimum Gasteiger partial charge on any atom is -0.402 e. The number of amides is 1. The lowest BCUT2D eigenvalue weighted by molar-refractivity contribution is -0.116. The highest BCUT2D eigenvalue weighted by Gasteiger charge is 2.29. The lowest BCUT2D eigenvalue weighted by atomic mass is 10.0. The Morgan fingerprint density at radius 1 is 0.927 bits per heavy atom. The maximum absolute atomic E-state index is 14.8. The lowest BCUT2D eigenvalue weighted by Crippen LogP contribution is -2.32. The average molecular weight is 547 g/mol. The van der Waals surface area contributed by atoms with Crippen LogP contribution in [0, 0.1) is 12.7 Å². The van der Waals surface area contributed by atoms with Crippen LogP contribution in [-0.2, 0) is 4.79 Å². The van der Waals surface area contributed by atoms with Gasteiger partial charge in [0, 0.05) is 46.8 Å². The van der Waals surface area contributed by atoms with Crippen molar-refractivity contribution in [3.05, 3.63) is 102 Å². The molecule has 0 saturated heterocycles. The predicted octanol–water partition coefficient (Wildman–Crippen LogP) is 5.14. The van der Waals surface area contributed by atoms with Crippen LogP contribution in [0.25, 0.3) is 22.7 Å². The highest BCUT2D eigenvalue weighted by atomic mass is 19.1. The van der Waals surface area contributed by atoms with E-state index < -0.39 is 17.9 Å². The summed E-state index contributed by atoms with van der Waals surface area (Å²) in [6.45, 7) is 1.94. The van der Waals surface area contributed by atoms with Gasteiger partial charge in [0.05, 0.1) is 11.4 Å². The third-order valence-corrected chi connectivity index (χ3v) is 6.91. The molecule has 1 atom stereocenters. The second-order valence-electron chi connectivity index (χ2n) is 9.97. The fourth-order valence-corrected chi connectivity index (χ4v) is 4.70. The van der Waals surface area contributed by atoms with E-state index in [4.69, 9.17) is 4.42 Å². The smallest absolute Gasteiger partial charge is 0.317 e. The Bertz CT molecular complexity index is 1800. The Balaban J connectivity index is 1.22. The van der Waals surface area contributed by atoms with E-state index in [9.17, 15) is 9.18 Å². The van der Waals surface area contributed by atoms with Crippen molar-refractivity contribution in [1.82, 2.24) is 25.1 Å². The first-order chi connectivity index (χ1) is 20.0. The number of aryl methyl sites for hydroxylation is 1. The number of halogens is 1. The third kappa shape index (κ3) is 4.82. The molecular formula is C30H23FN8O2. The van der Waals surface area contributed by atoms with Crippen molar-refractivity contribution in [2.45, 2.75) is 31.8 Å². The zero-order valence-electron chi connectivity index (χ0n) is 21.9. The molecule has 41 heavy (non-hydrogen) atoms. The number of carbonyl (C=O) groups is 1. The van der Waals surface area contributed by atoms with Crippen LogP contribution in [-0.4, -0.2) is 42.9 Å². The number of rotatable bonds is 6. The minimum atomic E-state index is -1.18. The topological polar surface area (TPSA) is 131 Å². The van der Waals surface area contributed by atoms with Crippen molar-refractivity contribution >= 4 is 23.3 Å². The van der Waals surface area contributed by atoms with Crippen LogP contribution in [0.1, 0.15) is 41.3 Å². The molecule has 1 aliphatic heterocycles. The molecule has 2 aromatic carbocycles. The van der Waals surface area contributed by atoms with Gasteiger partial charge in [-0.1, -0.05) is 47.6 Å². The number of hydrogen-bond acceptors (Lipinski definition) is 9. The van der Waals surface area contributed by atoms with E-state index in [1.165, 1.54) is 6.07 Å². The van der Waals surface area contributed by atoms with Gasteiger partial charge < -0.3 is 15.1 Å². The van der Waals surface area contributed by atoms with Crippen LogP contribution < -0.4 is 10.6 Å². The Morgan fingerprint density at radius 3 is 2.51 bits per heavy atom. The molecule has 11 heteroatoms. The quantitative estimate of drug-likeness (QED) is 0.299. The monoisotopic (exact) mass is 546 g/mol. The van der Waals surface area contributed by atoms with E-state index >= 15 is 0 Å². The second-order valence-corrected chi connectivity index (χ2v) is 9.97. The number of nitrogens with zero attached hydrogens (tertiary/aromatic N) is 6. The van der Waals surface area contributed by atoms with Crippen LogP contribution in [0.4, 0.5) is 16.1 Å². The zero-order valence-corrected chi connectivity index (χ0v) is 21.9. The van der Waals surface area contributed by atoms with Crippen molar-refractivity contribution in [1.29, 1.82) is 0 Å². The summed E-state index contributed by atoms with van der Waals surface area (Å²) in [6, 6.07) is 15.7. The summed E-state index contributed by atoms with van der Waals surface area (Å²) in [5.41, 5.74) is 4.58. The van der Waals surface area contributed by atoms with Crippen LogP contribution in [0.5, 0.6) is 0 Å². The summed E-state index contributed by atoms with van der Waals surface area (Å²) in [7, 11) is 0. The van der Waals surface area contributed by atoms with Crippen molar-refractivity contribution in [3.8, 4) is 22.7 Å². The molecule has 5 aromatic rings. The van der Waals surface area contributed by atoms with E-state index in [-0.39, 0.29) is 17.6 Å². The number of benzene rings is 2. The zero-order chi connectivity index (χ0) is 27.9. The van der Waals surface area contributed by atoms with Gasteiger partial charge in [0.2, 0.25) is 6.17 Å². The minimum absolute atomic E-state index is 0.0450. The normalized spacial score (nSPS) is 16.4. The van der Waals surface area contributed by atoms with Gasteiger partial charge in [-0.05, 0) is 37.5 Å². The third-order valence-electron chi connectivity index (χ3n) is 6.91. The number of pyridine rings is 1. The first-order valence-corrected chi connectivity index (χ1v) is 13.2. The van der Waals surface area contributed by atoms with E-state index in [0.29, 0.717) is 22.9 Å². The van der Waals surface area contributed by atoms with Gasteiger partial charge >= 0.3 is 6.01 Å². The molecule has 2 aliphatic rings. The van der Waals surface area contributed by atoms with Crippen LogP contribution in [0.15, 0.2) is 82.6 Å². The SMILES string of the molecule is Cc1cnc(-c2nnc(N[C@H]3N=C(c4ccccc4)c4cccc(F)c4NC3=O)o2)c(-c2cnc(C3CC3)nc2)c1. The molecule has 0 unspecified atom stereocenters. The average Bonchev–Trinajstić information content (AvgIpc) is 3.77. The maximum atomic E-state index is 14.8. The molecule has 1 saturated carbocycles. The Hall–Kier alpha value is -5.32. The number of hydrogen-bond donors (Lipinski definition) is 2. The van der Waals surface area contributed by atoms with E-state index in [2.05, 4.69) is 40.8 Å². The van der Waals surface area contributed by atoms with Gasteiger partial charge in [0.15, 0.2) is 0 Å². The number of fused-ring (bicyclic) bond motifs is 1. The van der Waals surface area contributed by atoms with Crippen molar-refractivity contribution in [3.63, 3.8) is 0 Å². The van der Waals surface area contributed by atoms with E-state index in [1.807, 2.05) is 43.3 Å². The molecule has 202 valence electrons. The van der Waals surface area contributed by atoms with Gasteiger partial charge in [-0.3, -0.25) is 9.78 Å². The number of benzodiazepines with no additional fused rings is 1. The summed E-state index contributed by atoms with van der Waals surface area (Å²) in [5.74, 6) is 0.291. The Labute approximate surface area is 233 Å². The summed E-state index contributed by atoms with van der Waals surface area (Å²) >= 11 is 0. The number of para-hydroxylation sites is 1. The molecule has 3 aromatic heterocycles. The largest absolute Gasteiger partial charge is 0.402 e. The summed E-state index contributed by atoms with van der Waals surface area (Å²) in [4.78, 5) is 31.4. The molecule has 10 nitrogen and oxygen atoms in total. The van der Waals surface area contributed by atoms with Crippen LogP contribution in [0.2, 0.25) is 0 Å². The van der Waals surface area contributed by atoms with Crippen LogP contribution >= 0.6 is 0 Å². The fraction of sp³-hybridized carbons (Fsp3) is 0.167. The Kier molecular flexibility index (Phi) is 6.03. The number of aromatic nitrogens is 5. The number of nitrogens with one attached hydrogen (secondary N) is 2. The van der Waals surface area contributed by atoms with Gasteiger partial charge in [-0.2, -0.15) is 0 Å². The van der Waals surface area contributed by atoms with E-state index in [0.717, 1.165) is 40.9 Å². The standard InChI is InChI=1S/C30H23FN8O2/c1-16-12-21(19-14-33-26(34-15-19)18-10-11-18)25(32-13-16)29-38-39-30(41-29)37-27-28(40)36-24-20(8-5-9-22(24)31)23(35-27)17-6-3-2-4-7-17/h2-9,12-15,18,27H,10-11H2,1H3,(H,36,40)(H,37,39)/t27-/m1/s1. The van der Waals surface area contributed by atoms with Crippen molar-refractivity contribution in [2.75, 3.05) is 10.6 Å². The molecular weight excluding hydrogens is 523 g/mol. The molecule has 1 amide bonds.